The van der Waals surface area contributed by atoms with E-state index in [9.17, 15) is 26.4 Å². The van der Waals surface area contributed by atoms with Crippen molar-refractivity contribution in [3.05, 3.63) is 0 Å². The minimum Gasteiger partial charge on any atom is -0.446 e. The highest BCUT2D eigenvalue weighted by Crippen LogP contribution is 2.10. The Morgan fingerprint density at radius 1 is 0.880 bits per heavy atom. The molecule has 0 aromatic heterocycles. The number of rotatable bonds is 12. The quantitative estimate of drug-likeness (QED) is 0.268. The summed E-state index contributed by atoms with van der Waals surface area (Å²) in [4.78, 5) is 23.0. The molecule has 0 aromatic carbocycles. The molecule has 2 atom stereocenters. The Hall–Kier alpha value is -1.20. The summed E-state index contributed by atoms with van der Waals surface area (Å²) < 4.78 is 59.7. The van der Waals surface area contributed by atoms with Crippen LogP contribution in [0.4, 0.5) is 0 Å². The summed E-state index contributed by atoms with van der Waals surface area (Å²) in [5.41, 5.74) is -2.63. The maximum Gasteiger partial charge on any atom is 0.307 e. The van der Waals surface area contributed by atoms with E-state index in [4.69, 9.17) is 9.47 Å². The van der Waals surface area contributed by atoms with Crippen LogP contribution in [0.5, 0.6) is 0 Å². The summed E-state index contributed by atoms with van der Waals surface area (Å²) in [5.74, 6) is -1.41. The molecule has 0 rings (SSSR count). The summed E-state index contributed by atoms with van der Waals surface area (Å²) >= 11 is 0. The number of esters is 2. The lowest BCUT2D eigenvalue weighted by Gasteiger charge is -2.14. The SMILES string of the molecule is CCCOS(=O)(=O)C(C)OC(=O)CCCCC(=O)OC(C)S(C)(=O)=O. The molecule has 0 N–H and O–H groups in total. The van der Waals surface area contributed by atoms with E-state index in [1.165, 1.54) is 13.8 Å². The first-order valence-corrected chi connectivity index (χ1v) is 11.3. The fraction of sp³-hybridized carbons (Fsp3) is 0.857. The van der Waals surface area contributed by atoms with Gasteiger partial charge in [-0.2, -0.15) is 8.42 Å². The third kappa shape index (κ3) is 10.4. The highest BCUT2D eigenvalue weighted by atomic mass is 32.2. The number of ether oxygens (including phenoxy) is 2. The number of hydrogen-bond acceptors (Lipinski definition) is 9. The molecule has 0 aliphatic heterocycles. The minimum absolute atomic E-state index is 0.0121. The number of hydrogen-bond donors (Lipinski definition) is 0. The van der Waals surface area contributed by atoms with Crippen LogP contribution in [0.2, 0.25) is 0 Å². The van der Waals surface area contributed by atoms with Gasteiger partial charge in [-0.3, -0.25) is 13.8 Å². The van der Waals surface area contributed by atoms with Gasteiger partial charge in [-0.25, -0.2) is 8.42 Å². The molecule has 148 valence electrons. The molecule has 0 aliphatic carbocycles. The summed E-state index contributed by atoms with van der Waals surface area (Å²) in [5, 5.41) is 0. The largest absolute Gasteiger partial charge is 0.446 e. The zero-order valence-electron chi connectivity index (χ0n) is 14.9. The third-order valence-corrected chi connectivity index (χ3v) is 5.77. The van der Waals surface area contributed by atoms with Crippen LogP contribution in [0.1, 0.15) is 52.9 Å². The van der Waals surface area contributed by atoms with Crippen molar-refractivity contribution in [1.82, 2.24) is 0 Å². The van der Waals surface area contributed by atoms with Gasteiger partial charge in [-0.15, -0.1) is 0 Å². The molecule has 9 nitrogen and oxygen atoms in total. The number of sulfone groups is 1. The topological polar surface area (TPSA) is 130 Å². The number of carbonyl (C=O) groups is 2. The van der Waals surface area contributed by atoms with E-state index in [2.05, 4.69) is 4.18 Å². The lowest BCUT2D eigenvalue weighted by molar-refractivity contribution is -0.147. The van der Waals surface area contributed by atoms with Gasteiger partial charge in [-0.05, 0) is 33.1 Å². The van der Waals surface area contributed by atoms with Crippen molar-refractivity contribution >= 4 is 31.9 Å². The molecule has 0 saturated heterocycles. The minimum atomic E-state index is -3.96. The van der Waals surface area contributed by atoms with Gasteiger partial charge in [0.2, 0.25) is 5.44 Å². The molecule has 0 radical (unpaired) electrons. The molecule has 0 heterocycles. The summed E-state index contributed by atoms with van der Waals surface area (Å²) in [6.45, 7) is 4.21. The van der Waals surface area contributed by atoms with E-state index in [0.29, 0.717) is 6.42 Å². The van der Waals surface area contributed by atoms with Crippen LogP contribution in [-0.2, 0) is 43.2 Å². The Balaban J connectivity index is 4.10. The Kier molecular flexibility index (Phi) is 10.2. The van der Waals surface area contributed by atoms with Crippen molar-refractivity contribution in [2.45, 2.75) is 63.7 Å². The van der Waals surface area contributed by atoms with Gasteiger partial charge in [-0.1, -0.05) is 6.92 Å². The molecule has 0 aliphatic rings. The van der Waals surface area contributed by atoms with E-state index in [1.807, 2.05) is 0 Å². The van der Waals surface area contributed by atoms with Gasteiger partial charge in [0.25, 0.3) is 0 Å². The van der Waals surface area contributed by atoms with Crippen molar-refractivity contribution < 1.29 is 40.1 Å². The van der Waals surface area contributed by atoms with Crippen LogP contribution in [-0.4, -0.2) is 52.5 Å². The predicted molar refractivity (Wildman–Crippen MR) is 89.6 cm³/mol. The average Bonchev–Trinajstić information content (AvgIpc) is 2.48. The van der Waals surface area contributed by atoms with Gasteiger partial charge in [0.15, 0.2) is 15.3 Å². The zero-order chi connectivity index (χ0) is 19.7. The van der Waals surface area contributed by atoms with Gasteiger partial charge in [0.05, 0.1) is 6.61 Å². The van der Waals surface area contributed by atoms with Crippen molar-refractivity contribution in [2.75, 3.05) is 12.9 Å². The van der Waals surface area contributed by atoms with E-state index in [-0.39, 0.29) is 32.3 Å². The molecule has 11 heteroatoms. The van der Waals surface area contributed by atoms with Crippen molar-refractivity contribution in [2.24, 2.45) is 0 Å². The molecule has 0 fully saturated rings. The fourth-order valence-corrected chi connectivity index (χ4v) is 2.57. The predicted octanol–water partition coefficient (Wildman–Crippen LogP) is 1.13. The lowest BCUT2D eigenvalue weighted by Crippen LogP contribution is -2.26. The van der Waals surface area contributed by atoms with Gasteiger partial charge in [0, 0.05) is 19.1 Å². The third-order valence-electron chi connectivity index (χ3n) is 3.07. The maximum atomic E-state index is 11.6. The second-order valence-corrected chi connectivity index (χ2v) is 9.67. The molecule has 2 unspecified atom stereocenters. The molecule has 25 heavy (non-hydrogen) atoms. The Morgan fingerprint density at radius 3 is 1.72 bits per heavy atom. The first-order chi connectivity index (χ1) is 11.4. The van der Waals surface area contributed by atoms with Gasteiger partial charge in [0.1, 0.15) is 0 Å². The second kappa shape index (κ2) is 10.7. The maximum absolute atomic E-state index is 11.6. The molecular formula is C14H26O9S2. The lowest BCUT2D eigenvalue weighted by atomic mass is 10.2. The molecule has 0 amide bonds. The fourth-order valence-electron chi connectivity index (χ4n) is 1.47. The first kappa shape index (κ1) is 23.8. The van der Waals surface area contributed by atoms with Crippen LogP contribution < -0.4 is 0 Å². The van der Waals surface area contributed by atoms with E-state index in [1.54, 1.807) is 6.92 Å². The van der Waals surface area contributed by atoms with Gasteiger partial charge >= 0.3 is 22.1 Å². The Morgan fingerprint density at radius 2 is 1.32 bits per heavy atom. The van der Waals surface area contributed by atoms with Crippen LogP contribution in [0, 0.1) is 0 Å². The van der Waals surface area contributed by atoms with Gasteiger partial charge < -0.3 is 9.47 Å². The standard InChI is InChI=1S/C14H26O9S2/c1-5-10-21-25(19,20)12(3)23-14(16)9-7-6-8-13(15)22-11(2)24(4,17)18/h11-12H,5-10H2,1-4H3. The first-order valence-electron chi connectivity index (χ1n) is 7.86. The molecule has 0 aromatic rings. The monoisotopic (exact) mass is 402 g/mol. The molecule has 0 saturated carbocycles. The summed E-state index contributed by atoms with van der Waals surface area (Å²) in [6.07, 6.45) is 1.87. The van der Waals surface area contributed by atoms with Crippen LogP contribution >= 0.6 is 0 Å². The summed E-state index contributed by atoms with van der Waals surface area (Å²) in [7, 11) is -7.43. The molecule has 0 bridgehead atoms. The van der Waals surface area contributed by atoms with Crippen LogP contribution in [0.15, 0.2) is 0 Å². The highest BCUT2D eigenvalue weighted by Gasteiger charge is 2.25. The molecule has 0 spiro atoms. The Labute approximate surface area is 149 Å². The smallest absolute Gasteiger partial charge is 0.307 e. The normalized spacial score (nSPS) is 14.6. The Bertz CT molecular complexity index is 637. The average molecular weight is 402 g/mol. The van der Waals surface area contributed by atoms with Crippen molar-refractivity contribution in [3.63, 3.8) is 0 Å². The zero-order valence-corrected chi connectivity index (χ0v) is 16.5. The number of carbonyl (C=O) groups excluding carboxylic acids is 2. The van der Waals surface area contributed by atoms with Crippen LogP contribution in [0.25, 0.3) is 0 Å². The van der Waals surface area contributed by atoms with E-state index in [0.717, 1.165) is 6.26 Å². The molecular weight excluding hydrogens is 376 g/mol. The van der Waals surface area contributed by atoms with E-state index < -0.39 is 42.8 Å². The number of unbranched alkanes of at least 4 members (excludes halogenated alkanes) is 1. The van der Waals surface area contributed by atoms with Crippen molar-refractivity contribution in [3.8, 4) is 0 Å². The highest BCUT2D eigenvalue weighted by molar-refractivity contribution is 7.91. The van der Waals surface area contributed by atoms with Crippen molar-refractivity contribution in [1.29, 1.82) is 0 Å². The second-order valence-electron chi connectivity index (χ2n) is 5.47. The summed E-state index contributed by atoms with van der Waals surface area (Å²) in [6, 6.07) is 0. The van der Waals surface area contributed by atoms with Crippen LogP contribution in [0.3, 0.4) is 0 Å². The van der Waals surface area contributed by atoms with E-state index >= 15 is 0 Å².